The molecule has 8 heteroatoms. The molecule has 1 amide bonds. The number of carbonyl (C=O) groups is 1. The zero-order valence-electron chi connectivity index (χ0n) is 13.6. The van der Waals surface area contributed by atoms with Gasteiger partial charge in [0.1, 0.15) is 11.6 Å². The summed E-state index contributed by atoms with van der Waals surface area (Å²) in [5.41, 5.74) is -1.42. The number of nitrogens with zero attached hydrogens (tertiary/aromatic N) is 1. The number of benzene rings is 1. The molecule has 2 aromatic rings. The predicted molar refractivity (Wildman–Crippen MR) is 86.1 cm³/mol. The Morgan fingerprint density at radius 3 is 2.56 bits per heavy atom. The van der Waals surface area contributed by atoms with Crippen LogP contribution < -0.4 is 10.6 Å². The van der Waals surface area contributed by atoms with E-state index in [0.717, 1.165) is 18.3 Å². The second-order valence-corrected chi connectivity index (χ2v) is 5.85. The zero-order valence-corrected chi connectivity index (χ0v) is 13.6. The number of pyridine rings is 1. The van der Waals surface area contributed by atoms with Gasteiger partial charge in [-0.25, -0.2) is 9.37 Å². The molecule has 0 aliphatic heterocycles. The number of hydrogen-bond acceptors (Lipinski definition) is 3. The van der Waals surface area contributed by atoms with Crippen molar-refractivity contribution in [1.29, 1.82) is 0 Å². The molecule has 0 saturated heterocycles. The third-order valence-electron chi connectivity index (χ3n) is 3.22. The van der Waals surface area contributed by atoms with Gasteiger partial charge in [-0.15, -0.1) is 0 Å². The number of rotatable bonds is 5. The van der Waals surface area contributed by atoms with Gasteiger partial charge in [0.25, 0.3) is 5.91 Å². The van der Waals surface area contributed by atoms with Gasteiger partial charge in [0, 0.05) is 18.4 Å². The van der Waals surface area contributed by atoms with Gasteiger partial charge >= 0.3 is 6.18 Å². The van der Waals surface area contributed by atoms with Crippen LogP contribution in [0.1, 0.15) is 29.8 Å². The lowest BCUT2D eigenvalue weighted by atomic mass is 10.1. The summed E-state index contributed by atoms with van der Waals surface area (Å²) in [5, 5.41) is 5.03. The lowest BCUT2D eigenvalue weighted by Gasteiger charge is -2.15. The third kappa shape index (κ3) is 5.17. The number of hydrogen-bond donors (Lipinski definition) is 2. The molecule has 134 valence electrons. The van der Waals surface area contributed by atoms with E-state index in [4.69, 9.17) is 0 Å². The molecule has 0 saturated carbocycles. The van der Waals surface area contributed by atoms with Gasteiger partial charge in [-0.1, -0.05) is 19.9 Å². The van der Waals surface area contributed by atoms with E-state index < -0.39 is 29.0 Å². The van der Waals surface area contributed by atoms with Crippen LogP contribution in [-0.4, -0.2) is 17.4 Å². The molecule has 1 aromatic heterocycles. The van der Waals surface area contributed by atoms with Crippen LogP contribution in [0.3, 0.4) is 0 Å². The Kier molecular flexibility index (Phi) is 5.61. The maximum absolute atomic E-state index is 13.3. The Balaban J connectivity index is 2.32. The second kappa shape index (κ2) is 7.50. The van der Waals surface area contributed by atoms with Crippen LogP contribution in [0.2, 0.25) is 0 Å². The first-order valence-electron chi connectivity index (χ1n) is 7.55. The van der Waals surface area contributed by atoms with Gasteiger partial charge in [0.2, 0.25) is 0 Å². The van der Waals surface area contributed by atoms with E-state index in [-0.39, 0.29) is 24.0 Å². The van der Waals surface area contributed by atoms with Crippen LogP contribution in [0.25, 0.3) is 0 Å². The van der Waals surface area contributed by atoms with Gasteiger partial charge in [-0.05, 0) is 30.2 Å². The fourth-order valence-electron chi connectivity index (χ4n) is 2.05. The summed E-state index contributed by atoms with van der Waals surface area (Å²) in [6.07, 6.45) is -3.87. The molecule has 1 aromatic carbocycles. The van der Waals surface area contributed by atoms with Crippen LogP contribution in [0.5, 0.6) is 0 Å². The van der Waals surface area contributed by atoms with Crippen molar-refractivity contribution in [2.75, 3.05) is 11.9 Å². The minimum atomic E-state index is -4.73. The van der Waals surface area contributed by atoms with E-state index in [0.29, 0.717) is 0 Å². The molecule has 25 heavy (non-hydrogen) atoms. The monoisotopic (exact) mass is 355 g/mol. The van der Waals surface area contributed by atoms with Gasteiger partial charge in [0.05, 0.1) is 11.1 Å². The van der Waals surface area contributed by atoms with Crippen molar-refractivity contribution >= 4 is 17.4 Å². The first kappa shape index (κ1) is 18.7. The molecule has 2 N–H and O–H groups in total. The number of nitrogens with one attached hydrogen (secondary N) is 2. The van der Waals surface area contributed by atoms with E-state index in [2.05, 4.69) is 15.6 Å². The quantitative estimate of drug-likeness (QED) is 0.783. The molecule has 0 aliphatic carbocycles. The fraction of sp³-hybridized carbons (Fsp3) is 0.294. The summed E-state index contributed by atoms with van der Waals surface area (Å²) in [7, 11) is 0. The first-order chi connectivity index (χ1) is 11.7. The van der Waals surface area contributed by atoms with Crippen molar-refractivity contribution in [1.82, 2.24) is 10.3 Å². The molecule has 0 fully saturated rings. The highest BCUT2D eigenvalue weighted by molar-refractivity contribution is 5.95. The van der Waals surface area contributed by atoms with Crippen molar-refractivity contribution in [3.05, 3.63) is 53.5 Å². The average molecular weight is 355 g/mol. The van der Waals surface area contributed by atoms with Crippen LogP contribution >= 0.6 is 0 Å². The Labute approximate surface area is 142 Å². The summed E-state index contributed by atoms with van der Waals surface area (Å²) in [4.78, 5) is 15.8. The van der Waals surface area contributed by atoms with Crippen molar-refractivity contribution in [2.45, 2.75) is 20.0 Å². The molecule has 0 bridgehead atoms. The van der Waals surface area contributed by atoms with Gasteiger partial charge in [-0.3, -0.25) is 4.79 Å². The summed E-state index contributed by atoms with van der Waals surface area (Å²) in [6, 6.07) is 5.96. The first-order valence-corrected chi connectivity index (χ1v) is 7.55. The molecule has 2 rings (SSSR count). The smallest absolute Gasteiger partial charge is 0.352 e. The highest BCUT2D eigenvalue weighted by atomic mass is 19.4. The predicted octanol–water partition coefficient (Wildman–Crippen LogP) is 4.37. The summed E-state index contributed by atoms with van der Waals surface area (Å²) < 4.78 is 53.0. The molecular weight excluding hydrogens is 338 g/mol. The lowest BCUT2D eigenvalue weighted by Crippen LogP contribution is -2.29. The lowest BCUT2D eigenvalue weighted by molar-refractivity contribution is -0.137. The van der Waals surface area contributed by atoms with Gasteiger partial charge in [0.15, 0.2) is 0 Å². The van der Waals surface area contributed by atoms with Crippen LogP contribution in [-0.2, 0) is 6.18 Å². The molecular formula is C17H17F4N3O. The highest BCUT2D eigenvalue weighted by Gasteiger charge is 2.36. The normalized spacial score (nSPS) is 11.5. The standard InChI is InChI=1S/C17H17F4N3O/c1-10(2)8-23-16(25)13-9-22-15(7-14(13)17(19,20)21)24-12-5-3-4-11(18)6-12/h3-7,9-10H,8H2,1-2H3,(H,22,24)(H,23,25). The van der Waals surface area contributed by atoms with Crippen molar-refractivity contribution in [3.8, 4) is 0 Å². The van der Waals surface area contributed by atoms with Crippen molar-refractivity contribution in [3.63, 3.8) is 0 Å². The van der Waals surface area contributed by atoms with E-state index >= 15 is 0 Å². The molecule has 1 heterocycles. The molecule has 0 unspecified atom stereocenters. The molecule has 0 radical (unpaired) electrons. The maximum Gasteiger partial charge on any atom is 0.417 e. The largest absolute Gasteiger partial charge is 0.417 e. The summed E-state index contributed by atoms with van der Waals surface area (Å²) in [5.74, 6) is -1.42. The van der Waals surface area contributed by atoms with Crippen LogP contribution in [0.4, 0.5) is 29.1 Å². The number of halogens is 4. The number of alkyl halides is 3. The average Bonchev–Trinajstić information content (AvgIpc) is 2.51. The van der Waals surface area contributed by atoms with E-state index in [9.17, 15) is 22.4 Å². The fourth-order valence-corrected chi connectivity index (χ4v) is 2.05. The Morgan fingerprint density at radius 2 is 1.96 bits per heavy atom. The zero-order chi connectivity index (χ0) is 18.6. The summed E-state index contributed by atoms with van der Waals surface area (Å²) in [6.45, 7) is 3.91. The van der Waals surface area contributed by atoms with Crippen LogP contribution in [0, 0.1) is 11.7 Å². The molecule has 0 atom stereocenters. The SMILES string of the molecule is CC(C)CNC(=O)c1cnc(Nc2cccc(F)c2)cc1C(F)(F)F. The number of carbonyl (C=O) groups excluding carboxylic acids is 1. The third-order valence-corrected chi connectivity index (χ3v) is 3.22. The van der Waals surface area contributed by atoms with Crippen molar-refractivity contribution < 1.29 is 22.4 Å². The van der Waals surface area contributed by atoms with E-state index in [1.807, 2.05) is 13.8 Å². The minimum absolute atomic E-state index is 0.0974. The highest BCUT2D eigenvalue weighted by Crippen LogP contribution is 2.33. The Bertz CT molecular complexity index is 760. The van der Waals surface area contributed by atoms with Gasteiger partial charge < -0.3 is 10.6 Å². The number of aromatic nitrogens is 1. The van der Waals surface area contributed by atoms with Gasteiger partial charge in [-0.2, -0.15) is 13.2 Å². The second-order valence-electron chi connectivity index (χ2n) is 5.85. The van der Waals surface area contributed by atoms with E-state index in [1.54, 1.807) is 0 Å². The number of anilines is 2. The molecule has 0 spiro atoms. The molecule has 0 aliphatic rings. The van der Waals surface area contributed by atoms with Crippen molar-refractivity contribution in [2.24, 2.45) is 5.92 Å². The molecule has 4 nitrogen and oxygen atoms in total. The topological polar surface area (TPSA) is 54.0 Å². The Hall–Kier alpha value is -2.64. The number of amides is 1. The van der Waals surface area contributed by atoms with Crippen LogP contribution in [0.15, 0.2) is 36.5 Å². The maximum atomic E-state index is 13.3. The van der Waals surface area contributed by atoms with E-state index in [1.165, 1.54) is 18.2 Å². The minimum Gasteiger partial charge on any atom is -0.352 e. The summed E-state index contributed by atoms with van der Waals surface area (Å²) >= 11 is 0. The Morgan fingerprint density at radius 1 is 1.24 bits per heavy atom.